The van der Waals surface area contributed by atoms with Crippen molar-refractivity contribution in [3.05, 3.63) is 70.8 Å². The summed E-state index contributed by atoms with van der Waals surface area (Å²) in [6.07, 6.45) is 5.91. The number of nitrogens with zero attached hydrogens (tertiary/aromatic N) is 6. The fraction of sp³-hybridized carbons (Fsp3) is 0.238. The van der Waals surface area contributed by atoms with E-state index in [9.17, 15) is 18.4 Å². The molecule has 2 N–H and O–H groups in total. The molecule has 9 nitrogen and oxygen atoms in total. The highest BCUT2D eigenvalue weighted by atomic mass is 35.5. The molecule has 0 fully saturated rings. The molecular weight excluding hydrogens is 475 g/mol. The number of pyridine rings is 1. The van der Waals surface area contributed by atoms with Crippen molar-refractivity contribution in [2.45, 2.75) is 19.1 Å². The number of nitrogens with two attached hydrogens (primary N) is 1. The summed E-state index contributed by atoms with van der Waals surface area (Å²) in [6, 6.07) is 4.96. The Morgan fingerprint density at radius 3 is 2.68 bits per heavy atom. The zero-order valence-electron chi connectivity index (χ0n) is 17.8. The quantitative estimate of drug-likeness (QED) is 0.228. The molecule has 0 amide bonds. The average molecular weight is 494 g/mol. The molecule has 0 radical (unpaired) electrons. The third-order valence-electron chi connectivity index (χ3n) is 5.27. The first-order valence-electron chi connectivity index (χ1n) is 10.0. The van der Waals surface area contributed by atoms with Crippen LogP contribution in [0.3, 0.4) is 0 Å². The van der Waals surface area contributed by atoms with Gasteiger partial charge >= 0.3 is 6.61 Å². The lowest BCUT2D eigenvalue weighted by atomic mass is 10.0. The van der Waals surface area contributed by atoms with E-state index in [0.29, 0.717) is 16.0 Å². The molecule has 0 bridgehead atoms. The lowest BCUT2D eigenvalue weighted by molar-refractivity contribution is -0.615. The molecule has 3 heterocycles. The van der Waals surface area contributed by atoms with Crippen molar-refractivity contribution in [2.24, 2.45) is 7.05 Å². The van der Waals surface area contributed by atoms with Gasteiger partial charge in [0.15, 0.2) is 12.0 Å². The second kappa shape index (κ2) is 9.69. The van der Waals surface area contributed by atoms with Gasteiger partial charge in [-0.05, 0) is 18.2 Å². The Morgan fingerprint density at radius 2 is 2.00 bits per heavy atom. The Morgan fingerprint density at radius 1 is 1.21 bits per heavy atom. The molecule has 178 valence electrons. The fourth-order valence-corrected chi connectivity index (χ4v) is 3.79. The number of aryl methyl sites for hydroxylation is 1. The zero-order chi connectivity index (χ0) is 24.4. The van der Waals surface area contributed by atoms with Crippen LogP contribution in [0, 0.1) is 11.0 Å². The number of alkyl halides is 2. The minimum atomic E-state index is -2.95. The van der Waals surface area contributed by atoms with E-state index in [2.05, 4.69) is 20.1 Å². The molecule has 0 unspecified atom stereocenters. The Labute approximate surface area is 196 Å². The van der Waals surface area contributed by atoms with Crippen molar-refractivity contribution in [1.29, 1.82) is 0 Å². The molecule has 13 heteroatoms. The first-order chi connectivity index (χ1) is 16.3. The minimum absolute atomic E-state index is 0.00804. The van der Waals surface area contributed by atoms with E-state index in [0.717, 1.165) is 6.20 Å². The number of ether oxygens (including phenoxy) is 1. The second-order valence-electron chi connectivity index (χ2n) is 7.38. The van der Waals surface area contributed by atoms with Crippen molar-refractivity contribution < 1.29 is 22.6 Å². The van der Waals surface area contributed by atoms with E-state index >= 15 is 0 Å². The number of hydrogen-bond acceptors (Lipinski definition) is 6. The molecule has 3 aromatic heterocycles. The summed E-state index contributed by atoms with van der Waals surface area (Å²) in [4.78, 5) is 0. The minimum Gasteiger partial charge on any atom is -0.618 e. The number of nitrogen functional groups attached to an aromatic ring is 1. The van der Waals surface area contributed by atoms with Crippen molar-refractivity contribution in [3.8, 4) is 22.4 Å². The van der Waals surface area contributed by atoms with Crippen LogP contribution >= 0.6 is 11.6 Å². The smallest absolute Gasteiger partial charge is 0.345 e. The van der Waals surface area contributed by atoms with Gasteiger partial charge in [-0.2, -0.15) is 18.6 Å². The van der Waals surface area contributed by atoms with Crippen LogP contribution in [0.25, 0.3) is 22.4 Å². The van der Waals surface area contributed by atoms with E-state index in [1.807, 2.05) is 0 Å². The standard InChI is InChI=1S/C21H19ClF3N7O2/c1-30-18(9-27-29-30)13-8-28-31(10-13)16(6-7-34-21(24)25)17-5-2-12(11-32(17)33)19-15(26)4-3-14(22)20(19)23/h2-5,8-11,16,21H,6-7,26H2,1H3/t16-/m1/s1. The van der Waals surface area contributed by atoms with Crippen molar-refractivity contribution in [3.63, 3.8) is 0 Å². The average Bonchev–Trinajstić information content (AvgIpc) is 3.43. The third-order valence-corrected chi connectivity index (χ3v) is 5.56. The number of hydrogen-bond donors (Lipinski definition) is 1. The highest BCUT2D eigenvalue weighted by Crippen LogP contribution is 2.33. The van der Waals surface area contributed by atoms with Gasteiger partial charge in [0.2, 0.25) is 5.69 Å². The van der Waals surface area contributed by atoms with Crippen LogP contribution in [0.2, 0.25) is 5.02 Å². The number of benzene rings is 1. The fourth-order valence-electron chi connectivity index (χ4n) is 3.63. The summed E-state index contributed by atoms with van der Waals surface area (Å²) in [5.74, 6) is -0.752. The molecule has 34 heavy (non-hydrogen) atoms. The van der Waals surface area contributed by atoms with Crippen LogP contribution in [-0.4, -0.2) is 38.0 Å². The molecule has 1 atom stereocenters. The van der Waals surface area contributed by atoms with E-state index in [1.165, 1.54) is 28.9 Å². The zero-order valence-corrected chi connectivity index (χ0v) is 18.5. The first-order valence-corrected chi connectivity index (χ1v) is 10.4. The summed E-state index contributed by atoms with van der Waals surface area (Å²) >= 11 is 5.86. The number of halogens is 4. The molecule has 4 rings (SSSR count). The van der Waals surface area contributed by atoms with Crippen LogP contribution in [0.4, 0.5) is 18.9 Å². The van der Waals surface area contributed by atoms with Gasteiger partial charge in [-0.15, -0.1) is 5.10 Å². The molecular formula is C21H19ClF3N7O2. The molecule has 0 aliphatic heterocycles. The predicted octanol–water partition coefficient (Wildman–Crippen LogP) is 3.57. The van der Waals surface area contributed by atoms with Gasteiger partial charge in [0.05, 0.1) is 35.3 Å². The van der Waals surface area contributed by atoms with Gasteiger partial charge in [-0.25, -0.2) is 9.07 Å². The van der Waals surface area contributed by atoms with Crippen molar-refractivity contribution in [1.82, 2.24) is 24.8 Å². The van der Waals surface area contributed by atoms with Gasteiger partial charge in [0, 0.05) is 42.5 Å². The van der Waals surface area contributed by atoms with E-state index in [4.69, 9.17) is 17.3 Å². The number of rotatable bonds is 8. The Kier molecular flexibility index (Phi) is 6.70. The summed E-state index contributed by atoms with van der Waals surface area (Å²) < 4.78 is 47.6. The number of aromatic nitrogens is 6. The van der Waals surface area contributed by atoms with Crippen LogP contribution in [0.15, 0.2) is 49.1 Å². The van der Waals surface area contributed by atoms with E-state index in [-0.39, 0.29) is 40.6 Å². The van der Waals surface area contributed by atoms with Crippen LogP contribution < -0.4 is 10.5 Å². The molecule has 0 aliphatic carbocycles. The maximum atomic E-state index is 14.6. The van der Waals surface area contributed by atoms with E-state index in [1.54, 1.807) is 30.3 Å². The highest BCUT2D eigenvalue weighted by Gasteiger charge is 2.26. The first kappa shape index (κ1) is 23.5. The summed E-state index contributed by atoms with van der Waals surface area (Å²) in [5, 5.41) is 24.8. The molecule has 0 aliphatic rings. The van der Waals surface area contributed by atoms with E-state index < -0.39 is 18.5 Å². The molecule has 4 aromatic rings. The van der Waals surface area contributed by atoms with Gasteiger partial charge in [0.1, 0.15) is 6.04 Å². The number of anilines is 1. The topological polar surface area (TPSA) is 111 Å². The molecule has 0 spiro atoms. The predicted molar refractivity (Wildman–Crippen MR) is 117 cm³/mol. The summed E-state index contributed by atoms with van der Waals surface area (Å²) in [5.41, 5.74) is 7.72. The van der Waals surface area contributed by atoms with Gasteiger partial charge in [-0.3, -0.25) is 4.68 Å². The van der Waals surface area contributed by atoms with Gasteiger partial charge in [0.25, 0.3) is 0 Å². The molecule has 0 saturated carbocycles. The van der Waals surface area contributed by atoms with Gasteiger partial charge < -0.3 is 15.7 Å². The molecule has 1 aromatic carbocycles. The SMILES string of the molecule is Cn1nncc1-c1cnn([C@H](CCOC(F)F)c2ccc(-c3c(N)ccc(Cl)c3F)c[n+]2[O-])c1. The van der Waals surface area contributed by atoms with Crippen LogP contribution in [-0.2, 0) is 11.8 Å². The highest BCUT2D eigenvalue weighted by molar-refractivity contribution is 6.31. The van der Waals surface area contributed by atoms with Crippen molar-refractivity contribution >= 4 is 17.3 Å². The maximum Gasteiger partial charge on any atom is 0.345 e. The third kappa shape index (κ3) is 4.68. The van der Waals surface area contributed by atoms with Gasteiger partial charge in [-0.1, -0.05) is 16.8 Å². The monoisotopic (exact) mass is 493 g/mol. The maximum absolute atomic E-state index is 14.6. The lowest BCUT2D eigenvalue weighted by Gasteiger charge is -2.18. The van der Waals surface area contributed by atoms with Crippen LogP contribution in [0.1, 0.15) is 18.2 Å². The van der Waals surface area contributed by atoms with Crippen LogP contribution in [0.5, 0.6) is 0 Å². The summed E-state index contributed by atoms with van der Waals surface area (Å²) in [6.45, 7) is -3.28. The van der Waals surface area contributed by atoms with Crippen molar-refractivity contribution in [2.75, 3.05) is 12.3 Å². The lowest BCUT2D eigenvalue weighted by Crippen LogP contribution is -2.36. The second-order valence-corrected chi connectivity index (χ2v) is 7.79. The summed E-state index contributed by atoms with van der Waals surface area (Å²) in [7, 11) is 1.71. The Bertz CT molecular complexity index is 1310. The Hall–Kier alpha value is -3.64. The largest absolute Gasteiger partial charge is 0.618 e. The normalized spacial score (nSPS) is 12.4. The Balaban J connectivity index is 1.72. The molecule has 0 saturated heterocycles.